The third-order valence-corrected chi connectivity index (χ3v) is 5.38. The molecule has 0 bridgehead atoms. The number of H-pyrrole nitrogens is 1. The van der Waals surface area contributed by atoms with Gasteiger partial charge >= 0.3 is 6.61 Å². The van der Waals surface area contributed by atoms with Crippen molar-refractivity contribution in [3.63, 3.8) is 0 Å². The van der Waals surface area contributed by atoms with Crippen LogP contribution in [0.3, 0.4) is 0 Å². The molecule has 4 aromatic carbocycles. The fraction of sp³-hybridized carbons (Fsp3) is 0.0769. The van der Waals surface area contributed by atoms with E-state index in [-0.39, 0.29) is 18.3 Å². The van der Waals surface area contributed by atoms with Gasteiger partial charge in [0, 0.05) is 16.5 Å². The highest BCUT2D eigenvalue weighted by Crippen LogP contribution is 2.28. The van der Waals surface area contributed by atoms with Crippen molar-refractivity contribution in [3.05, 3.63) is 96.1 Å². The molecule has 0 saturated carbocycles. The van der Waals surface area contributed by atoms with E-state index in [0.29, 0.717) is 33.6 Å². The van der Waals surface area contributed by atoms with E-state index in [0.717, 1.165) is 10.8 Å². The van der Waals surface area contributed by atoms with Crippen molar-refractivity contribution in [1.29, 1.82) is 0 Å². The van der Waals surface area contributed by atoms with Crippen LogP contribution in [-0.4, -0.2) is 22.7 Å². The smallest absolute Gasteiger partial charge is 0.387 e. The summed E-state index contributed by atoms with van der Waals surface area (Å²) in [5, 5.41) is 12.5. The van der Waals surface area contributed by atoms with Gasteiger partial charge < -0.3 is 14.8 Å². The van der Waals surface area contributed by atoms with Crippen LogP contribution in [0.4, 0.5) is 14.6 Å². The van der Waals surface area contributed by atoms with Gasteiger partial charge in [-0.25, -0.2) is 0 Å². The number of nitrogens with one attached hydrogen (secondary N) is 2. The molecule has 8 heteroatoms. The number of alkyl halides is 2. The summed E-state index contributed by atoms with van der Waals surface area (Å²) in [5.41, 5.74) is 1.74. The molecule has 0 unspecified atom stereocenters. The van der Waals surface area contributed by atoms with Crippen molar-refractivity contribution < 1.29 is 23.0 Å². The zero-order chi connectivity index (χ0) is 23.5. The van der Waals surface area contributed by atoms with Crippen LogP contribution in [0.15, 0.2) is 84.9 Å². The monoisotopic (exact) mass is 459 g/mol. The summed E-state index contributed by atoms with van der Waals surface area (Å²) < 4.78 is 35.7. The molecule has 1 amide bonds. The van der Waals surface area contributed by atoms with Gasteiger partial charge in [0.1, 0.15) is 18.1 Å². The Morgan fingerprint density at radius 2 is 1.74 bits per heavy atom. The minimum atomic E-state index is -2.92. The number of carbonyl (C=O) groups excluding carboxylic acids is 1. The van der Waals surface area contributed by atoms with Crippen molar-refractivity contribution in [2.24, 2.45) is 0 Å². The molecule has 170 valence electrons. The van der Waals surface area contributed by atoms with E-state index in [2.05, 4.69) is 20.3 Å². The van der Waals surface area contributed by atoms with E-state index in [1.165, 1.54) is 6.07 Å². The fourth-order valence-electron chi connectivity index (χ4n) is 3.77. The number of ether oxygens (including phenoxy) is 2. The predicted molar refractivity (Wildman–Crippen MR) is 125 cm³/mol. The Balaban J connectivity index is 1.37. The molecule has 1 aromatic heterocycles. The quantitative estimate of drug-likeness (QED) is 0.306. The lowest BCUT2D eigenvalue weighted by atomic mass is 10.0. The minimum absolute atomic E-state index is 0.0317. The van der Waals surface area contributed by atoms with Gasteiger partial charge in [-0.05, 0) is 41.1 Å². The summed E-state index contributed by atoms with van der Waals surface area (Å²) in [6.07, 6.45) is 0. The van der Waals surface area contributed by atoms with Gasteiger partial charge in [0.25, 0.3) is 5.91 Å². The second kappa shape index (κ2) is 9.19. The molecule has 0 saturated heterocycles. The maximum Gasteiger partial charge on any atom is 0.387 e. The van der Waals surface area contributed by atoms with E-state index < -0.39 is 6.61 Å². The molecular formula is C26H19F2N3O3. The molecule has 5 aromatic rings. The first-order valence-electron chi connectivity index (χ1n) is 10.5. The second-order valence-electron chi connectivity index (χ2n) is 7.54. The Labute approximate surface area is 193 Å². The molecule has 0 radical (unpaired) electrons. The van der Waals surface area contributed by atoms with Crippen LogP contribution in [0.5, 0.6) is 11.5 Å². The van der Waals surface area contributed by atoms with Gasteiger partial charge in [0.15, 0.2) is 5.82 Å². The Morgan fingerprint density at radius 3 is 2.62 bits per heavy atom. The van der Waals surface area contributed by atoms with Crippen LogP contribution >= 0.6 is 0 Å². The van der Waals surface area contributed by atoms with Crippen LogP contribution in [0.25, 0.3) is 21.7 Å². The highest BCUT2D eigenvalue weighted by atomic mass is 19.3. The standard InChI is InChI=1S/C26H19F2N3O3/c27-26(28)34-23-11-4-2-7-17(23)15-33-18-12-13-22-21(14-18)24(31-30-22)29-25(32)20-10-5-8-16-6-1-3-9-19(16)20/h1-14,26H,15H2,(H2,29,30,31,32). The number of rotatable bonds is 7. The largest absolute Gasteiger partial charge is 0.489 e. The number of aromatic nitrogens is 2. The number of amides is 1. The molecule has 0 fully saturated rings. The van der Waals surface area contributed by atoms with Crippen LogP contribution in [0.1, 0.15) is 15.9 Å². The van der Waals surface area contributed by atoms with Gasteiger partial charge in [0.2, 0.25) is 0 Å². The Bertz CT molecular complexity index is 1480. The van der Waals surface area contributed by atoms with Crippen LogP contribution in [0, 0.1) is 0 Å². The number of anilines is 1. The van der Waals surface area contributed by atoms with Crippen molar-refractivity contribution in [2.75, 3.05) is 5.32 Å². The Kier molecular flexibility index (Phi) is 5.78. The summed E-state index contributed by atoms with van der Waals surface area (Å²) in [4.78, 5) is 13.0. The normalized spacial score (nSPS) is 11.1. The van der Waals surface area contributed by atoms with Gasteiger partial charge in [-0.15, -0.1) is 0 Å². The molecule has 0 aliphatic carbocycles. The predicted octanol–water partition coefficient (Wildman–Crippen LogP) is 6.15. The SMILES string of the molecule is O=C(Nc1n[nH]c2ccc(OCc3ccccc3OC(F)F)cc12)c1cccc2ccccc12. The Hall–Kier alpha value is -4.46. The highest BCUT2D eigenvalue weighted by Gasteiger charge is 2.15. The van der Waals surface area contributed by atoms with Crippen molar-refractivity contribution in [2.45, 2.75) is 13.2 Å². The molecule has 6 nitrogen and oxygen atoms in total. The lowest BCUT2D eigenvalue weighted by molar-refractivity contribution is -0.0508. The summed E-state index contributed by atoms with van der Waals surface area (Å²) in [6.45, 7) is -2.89. The van der Waals surface area contributed by atoms with Crippen molar-refractivity contribution in [1.82, 2.24) is 10.2 Å². The molecule has 0 atom stereocenters. The molecule has 34 heavy (non-hydrogen) atoms. The lowest BCUT2D eigenvalue weighted by Crippen LogP contribution is -2.12. The summed E-state index contributed by atoms with van der Waals surface area (Å²) in [5.74, 6) is 0.626. The summed E-state index contributed by atoms with van der Waals surface area (Å²) in [6, 6.07) is 24.9. The van der Waals surface area contributed by atoms with Crippen molar-refractivity contribution in [3.8, 4) is 11.5 Å². The van der Waals surface area contributed by atoms with Crippen LogP contribution < -0.4 is 14.8 Å². The van der Waals surface area contributed by atoms with Gasteiger partial charge in [-0.2, -0.15) is 13.9 Å². The molecule has 0 spiro atoms. The minimum Gasteiger partial charge on any atom is -0.489 e. The van der Waals surface area contributed by atoms with Crippen LogP contribution in [0.2, 0.25) is 0 Å². The molecular weight excluding hydrogens is 440 g/mol. The van der Waals surface area contributed by atoms with Crippen LogP contribution in [-0.2, 0) is 6.61 Å². The lowest BCUT2D eigenvalue weighted by Gasteiger charge is -2.12. The molecule has 1 heterocycles. The first kappa shape index (κ1) is 21.4. The van der Waals surface area contributed by atoms with E-state index in [1.807, 2.05) is 36.4 Å². The zero-order valence-corrected chi connectivity index (χ0v) is 17.8. The number of halogens is 2. The van der Waals surface area contributed by atoms with E-state index in [4.69, 9.17) is 4.74 Å². The number of fused-ring (bicyclic) bond motifs is 2. The first-order chi connectivity index (χ1) is 16.6. The average molecular weight is 459 g/mol. The first-order valence-corrected chi connectivity index (χ1v) is 10.5. The molecule has 0 aliphatic rings. The maximum absolute atomic E-state index is 13.0. The number of hydrogen-bond acceptors (Lipinski definition) is 4. The number of benzene rings is 4. The maximum atomic E-state index is 13.0. The third-order valence-electron chi connectivity index (χ3n) is 5.38. The summed E-state index contributed by atoms with van der Waals surface area (Å²) in [7, 11) is 0. The number of nitrogens with zero attached hydrogens (tertiary/aromatic N) is 1. The van der Waals surface area contributed by atoms with Gasteiger partial charge in [-0.3, -0.25) is 9.89 Å². The topological polar surface area (TPSA) is 76.2 Å². The highest BCUT2D eigenvalue weighted by molar-refractivity contribution is 6.14. The van der Waals surface area contributed by atoms with E-state index >= 15 is 0 Å². The zero-order valence-electron chi connectivity index (χ0n) is 17.8. The number of aromatic amines is 1. The number of hydrogen-bond donors (Lipinski definition) is 2. The Morgan fingerprint density at radius 1 is 0.941 bits per heavy atom. The average Bonchev–Trinajstić information content (AvgIpc) is 3.24. The molecule has 0 aliphatic heterocycles. The number of para-hydroxylation sites is 1. The summed E-state index contributed by atoms with van der Waals surface area (Å²) >= 11 is 0. The van der Waals surface area contributed by atoms with Crippen molar-refractivity contribution >= 4 is 33.4 Å². The van der Waals surface area contributed by atoms with Gasteiger partial charge in [0.05, 0.1) is 5.52 Å². The molecule has 5 rings (SSSR count). The second-order valence-corrected chi connectivity index (χ2v) is 7.54. The third kappa shape index (κ3) is 4.38. The molecule has 2 N–H and O–H groups in total. The van der Waals surface area contributed by atoms with E-state index in [1.54, 1.807) is 42.5 Å². The number of carbonyl (C=O) groups is 1. The fourth-order valence-corrected chi connectivity index (χ4v) is 3.77. The van der Waals surface area contributed by atoms with Gasteiger partial charge in [-0.1, -0.05) is 54.6 Å². The van der Waals surface area contributed by atoms with E-state index in [9.17, 15) is 13.6 Å².